The topological polar surface area (TPSA) is 66.6 Å². The van der Waals surface area contributed by atoms with E-state index in [1.165, 1.54) is 0 Å². The fourth-order valence-corrected chi connectivity index (χ4v) is 3.07. The number of likely N-dealkylation sites (N-methyl/N-ethyl adjacent to an activating group) is 1. The summed E-state index contributed by atoms with van der Waals surface area (Å²) < 4.78 is 12.1. The monoisotopic (exact) mass is 281 g/mol. The van der Waals surface area contributed by atoms with Crippen molar-refractivity contribution in [3.05, 3.63) is 24.3 Å². The summed E-state index contributed by atoms with van der Waals surface area (Å²) in [5, 5.41) is 0. The normalized spacial score (nSPS) is 18.3. The Morgan fingerprint density at radius 1 is 1.32 bits per heavy atom. The molecular formula is C13H19N3O2S. The Hall–Kier alpha value is -1.40. The molecular weight excluding hydrogens is 262 g/mol. The van der Waals surface area contributed by atoms with Crippen LogP contribution in [0.3, 0.4) is 0 Å². The summed E-state index contributed by atoms with van der Waals surface area (Å²) in [5.41, 5.74) is 6.22. The van der Waals surface area contributed by atoms with E-state index in [0.717, 1.165) is 13.1 Å². The van der Waals surface area contributed by atoms with Gasteiger partial charge in [0.15, 0.2) is 0 Å². The fraction of sp³-hybridized carbons (Fsp3) is 0.462. The summed E-state index contributed by atoms with van der Waals surface area (Å²) in [6.45, 7) is 3.17. The van der Waals surface area contributed by atoms with E-state index in [-0.39, 0.29) is 11.7 Å². The minimum atomic E-state index is -1.32. The van der Waals surface area contributed by atoms with E-state index in [1.54, 1.807) is 29.2 Å². The lowest BCUT2D eigenvalue weighted by Crippen LogP contribution is -2.48. The third-order valence-electron chi connectivity index (χ3n) is 3.23. The molecule has 0 bridgehead atoms. The maximum absolute atomic E-state index is 12.1. The lowest BCUT2D eigenvalue weighted by molar-refractivity contribution is -0.129. The van der Waals surface area contributed by atoms with Crippen molar-refractivity contribution in [3.63, 3.8) is 0 Å². The van der Waals surface area contributed by atoms with E-state index in [4.69, 9.17) is 5.73 Å². The molecule has 0 aromatic heterocycles. The molecule has 0 saturated carbocycles. The summed E-state index contributed by atoms with van der Waals surface area (Å²) >= 11 is 0. The van der Waals surface area contributed by atoms with Gasteiger partial charge in [-0.1, -0.05) is 6.07 Å². The van der Waals surface area contributed by atoms with Crippen molar-refractivity contribution in [2.45, 2.75) is 4.90 Å². The Bertz CT molecular complexity index is 485. The molecule has 1 aromatic rings. The Morgan fingerprint density at radius 3 is 2.63 bits per heavy atom. The van der Waals surface area contributed by atoms with Gasteiger partial charge in [-0.05, 0) is 25.2 Å². The lowest BCUT2D eigenvalue weighted by Gasteiger charge is -2.32. The van der Waals surface area contributed by atoms with Crippen LogP contribution in [0.5, 0.6) is 0 Å². The number of nitrogens with zero attached hydrogens (tertiary/aromatic N) is 2. The van der Waals surface area contributed by atoms with Crippen LogP contribution in [0.25, 0.3) is 0 Å². The Kier molecular flexibility index (Phi) is 4.55. The number of rotatable bonds is 3. The molecule has 0 radical (unpaired) electrons. The zero-order valence-corrected chi connectivity index (χ0v) is 11.9. The number of nitrogen functional groups attached to an aromatic ring is 1. The van der Waals surface area contributed by atoms with Gasteiger partial charge in [0.2, 0.25) is 5.91 Å². The van der Waals surface area contributed by atoms with E-state index < -0.39 is 10.8 Å². The van der Waals surface area contributed by atoms with Gasteiger partial charge in [0, 0.05) is 36.8 Å². The third kappa shape index (κ3) is 3.78. The van der Waals surface area contributed by atoms with Crippen molar-refractivity contribution in [2.75, 3.05) is 44.7 Å². The molecule has 19 heavy (non-hydrogen) atoms. The number of carbonyl (C=O) groups is 1. The SMILES string of the molecule is CN1CCN(C(=O)CS(=O)c2cccc(N)c2)CC1. The van der Waals surface area contributed by atoms with Gasteiger partial charge >= 0.3 is 0 Å². The highest BCUT2D eigenvalue weighted by Crippen LogP contribution is 2.12. The maximum Gasteiger partial charge on any atom is 0.235 e. The highest BCUT2D eigenvalue weighted by Gasteiger charge is 2.21. The largest absolute Gasteiger partial charge is 0.399 e. The molecule has 5 nitrogen and oxygen atoms in total. The quantitative estimate of drug-likeness (QED) is 0.801. The summed E-state index contributed by atoms with van der Waals surface area (Å²) in [6, 6.07) is 6.89. The molecule has 1 unspecified atom stereocenters. The van der Waals surface area contributed by atoms with Gasteiger partial charge in [0.25, 0.3) is 0 Å². The maximum atomic E-state index is 12.1. The molecule has 1 atom stereocenters. The molecule has 0 spiro atoms. The standard InChI is InChI=1S/C13H19N3O2S/c1-15-5-7-16(8-6-15)13(17)10-19(18)12-4-2-3-11(14)9-12/h2-4,9H,5-8,10,14H2,1H3. The first-order chi connectivity index (χ1) is 9.06. The van der Waals surface area contributed by atoms with Gasteiger partial charge in [-0.15, -0.1) is 0 Å². The lowest BCUT2D eigenvalue weighted by atomic mass is 10.3. The first-order valence-electron chi connectivity index (χ1n) is 6.26. The van der Waals surface area contributed by atoms with E-state index in [0.29, 0.717) is 23.7 Å². The first kappa shape index (κ1) is 14.0. The second-order valence-electron chi connectivity index (χ2n) is 4.75. The van der Waals surface area contributed by atoms with Crippen LogP contribution in [0.1, 0.15) is 0 Å². The number of amides is 1. The minimum absolute atomic E-state index is 0.0349. The fourth-order valence-electron chi connectivity index (χ4n) is 2.00. The Labute approximate surface area is 115 Å². The van der Waals surface area contributed by atoms with Crippen LogP contribution in [-0.4, -0.2) is 58.9 Å². The van der Waals surface area contributed by atoms with Crippen LogP contribution in [0.2, 0.25) is 0 Å². The zero-order chi connectivity index (χ0) is 13.8. The van der Waals surface area contributed by atoms with Gasteiger partial charge < -0.3 is 15.5 Å². The summed E-state index contributed by atoms with van der Waals surface area (Å²) in [5.74, 6) is -0.0125. The Morgan fingerprint density at radius 2 is 2.00 bits per heavy atom. The first-order valence-corrected chi connectivity index (χ1v) is 7.58. The third-order valence-corrected chi connectivity index (χ3v) is 4.52. The van der Waals surface area contributed by atoms with Gasteiger partial charge in [-0.3, -0.25) is 9.00 Å². The average Bonchev–Trinajstić information content (AvgIpc) is 2.39. The molecule has 1 fully saturated rings. The number of nitrogens with two attached hydrogens (primary N) is 1. The van der Waals surface area contributed by atoms with E-state index in [9.17, 15) is 9.00 Å². The highest BCUT2D eigenvalue weighted by molar-refractivity contribution is 7.85. The number of hydrogen-bond acceptors (Lipinski definition) is 4. The van der Waals surface area contributed by atoms with Crippen molar-refractivity contribution < 1.29 is 9.00 Å². The van der Waals surface area contributed by atoms with Crippen LogP contribution in [-0.2, 0) is 15.6 Å². The molecule has 104 valence electrons. The molecule has 1 aromatic carbocycles. The highest BCUT2D eigenvalue weighted by atomic mass is 32.2. The molecule has 1 aliphatic rings. The molecule has 6 heteroatoms. The van der Waals surface area contributed by atoms with Crippen molar-refractivity contribution in [3.8, 4) is 0 Å². The number of carbonyl (C=O) groups excluding carboxylic acids is 1. The number of hydrogen-bond donors (Lipinski definition) is 1. The second-order valence-corrected chi connectivity index (χ2v) is 6.20. The van der Waals surface area contributed by atoms with Crippen molar-refractivity contribution in [1.82, 2.24) is 9.80 Å². The molecule has 2 rings (SSSR count). The minimum Gasteiger partial charge on any atom is -0.399 e. The van der Waals surface area contributed by atoms with Crippen molar-refractivity contribution in [1.29, 1.82) is 0 Å². The van der Waals surface area contributed by atoms with Crippen LogP contribution in [0.15, 0.2) is 29.2 Å². The Balaban J connectivity index is 1.93. The molecule has 1 saturated heterocycles. The summed E-state index contributed by atoms with van der Waals surface area (Å²) in [6.07, 6.45) is 0. The van der Waals surface area contributed by atoms with Crippen LogP contribution in [0, 0.1) is 0 Å². The van der Waals surface area contributed by atoms with Gasteiger partial charge in [-0.2, -0.15) is 0 Å². The van der Waals surface area contributed by atoms with Crippen molar-refractivity contribution in [2.24, 2.45) is 0 Å². The van der Waals surface area contributed by atoms with Gasteiger partial charge in [-0.25, -0.2) is 0 Å². The van der Waals surface area contributed by atoms with Crippen molar-refractivity contribution >= 4 is 22.4 Å². The van der Waals surface area contributed by atoms with Crippen LogP contribution in [0.4, 0.5) is 5.69 Å². The zero-order valence-electron chi connectivity index (χ0n) is 11.0. The smallest absolute Gasteiger partial charge is 0.235 e. The molecule has 1 aliphatic heterocycles. The van der Waals surface area contributed by atoms with Gasteiger partial charge in [0.05, 0.1) is 10.8 Å². The summed E-state index contributed by atoms with van der Waals surface area (Å²) in [7, 11) is 0.715. The number of piperazine rings is 1. The van der Waals surface area contributed by atoms with E-state index in [1.807, 2.05) is 7.05 Å². The van der Waals surface area contributed by atoms with Crippen LogP contribution < -0.4 is 5.73 Å². The molecule has 1 amide bonds. The average molecular weight is 281 g/mol. The van der Waals surface area contributed by atoms with E-state index in [2.05, 4.69) is 4.90 Å². The number of benzene rings is 1. The predicted molar refractivity (Wildman–Crippen MR) is 76.2 cm³/mol. The molecule has 0 aliphatic carbocycles. The summed E-state index contributed by atoms with van der Waals surface area (Å²) in [4.78, 5) is 16.6. The second kappa shape index (κ2) is 6.16. The number of anilines is 1. The predicted octanol–water partition coefficient (Wildman–Crippen LogP) is 0.150. The van der Waals surface area contributed by atoms with Gasteiger partial charge in [0.1, 0.15) is 5.75 Å². The van der Waals surface area contributed by atoms with Crippen LogP contribution >= 0.6 is 0 Å². The molecule has 2 N–H and O–H groups in total. The van der Waals surface area contributed by atoms with E-state index >= 15 is 0 Å². The molecule has 1 heterocycles.